The molecule has 0 radical (unpaired) electrons. The quantitative estimate of drug-likeness (QED) is 0.109. The van der Waals surface area contributed by atoms with E-state index in [4.69, 9.17) is 25.5 Å². The molecule has 2 aliphatic heterocycles. The topological polar surface area (TPSA) is 285 Å². The SMILES string of the molecule is Nc1nc2c(ncn2[C@@H]2O[C@H](CO)[C@@H](F)[C@H]2P(=O)(O)OC[C@H]2O[C@@H](n3cnc4c(N)ncnc43)[C@H](O)[C@@H]2O)c(=O)[nH]1. The van der Waals surface area contributed by atoms with Gasteiger partial charge in [-0.25, -0.2) is 24.3 Å². The van der Waals surface area contributed by atoms with E-state index in [1.807, 2.05) is 0 Å². The molecule has 4 aromatic heterocycles. The van der Waals surface area contributed by atoms with Crippen LogP contribution in [0.4, 0.5) is 16.2 Å². The van der Waals surface area contributed by atoms with Crippen LogP contribution < -0.4 is 17.0 Å². The fourth-order valence-corrected chi connectivity index (χ4v) is 6.60. The molecule has 220 valence electrons. The Morgan fingerprint density at radius 3 is 2.44 bits per heavy atom. The fraction of sp³-hybridized carbons (Fsp3) is 0.500. The number of aliphatic hydroxyl groups excluding tert-OH is 3. The van der Waals surface area contributed by atoms with Crippen molar-refractivity contribution in [2.75, 3.05) is 24.7 Å². The molecule has 21 heteroatoms. The van der Waals surface area contributed by atoms with Gasteiger partial charge in [-0.3, -0.25) is 23.5 Å². The lowest BCUT2D eigenvalue weighted by Crippen LogP contribution is -2.35. The molecule has 0 amide bonds. The predicted octanol–water partition coefficient (Wildman–Crippen LogP) is -2.46. The van der Waals surface area contributed by atoms with E-state index in [9.17, 15) is 29.6 Å². The molecule has 6 rings (SSSR count). The van der Waals surface area contributed by atoms with Gasteiger partial charge in [-0.15, -0.1) is 0 Å². The summed E-state index contributed by atoms with van der Waals surface area (Å²) >= 11 is 0. The Labute approximate surface area is 227 Å². The molecule has 1 unspecified atom stereocenters. The number of H-pyrrole nitrogens is 1. The Morgan fingerprint density at radius 1 is 1.02 bits per heavy atom. The summed E-state index contributed by atoms with van der Waals surface area (Å²) in [7, 11) is -5.00. The average Bonchev–Trinajstić information content (AvgIpc) is 3.68. The lowest BCUT2D eigenvalue weighted by molar-refractivity contribution is -0.0495. The molecule has 0 spiro atoms. The fourth-order valence-electron chi connectivity index (χ4n) is 4.98. The van der Waals surface area contributed by atoms with Crippen LogP contribution in [0.3, 0.4) is 0 Å². The lowest BCUT2D eigenvalue weighted by atomic mass is 10.1. The van der Waals surface area contributed by atoms with Crippen LogP contribution in [0.25, 0.3) is 22.3 Å². The molecule has 2 aliphatic rings. The average molecular weight is 598 g/mol. The Bertz CT molecular complexity index is 1720. The van der Waals surface area contributed by atoms with Crippen LogP contribution in [-0.4, -0.2) is 109 Å². The zero-order valence-corrected chi connectivity index (χ0v) is 21.6. The molecule has 9 N–H and O–H groups in total. The van der Waals surface area contributed by atoms with Crippen molar-refractivity contribution >= 4 is 41.7 Å². The first-order valence-corrected chi connectivity index (χ1v) is 13.7. The van der Waals surface area contributed by atoms with Crippen LogP contribution in [0.5, 0.6) is 0 Å². The van der Waals surface area contributed by atoms with Gasteiger partial charge in [-0.2, -0.15) is 4.98 Å². The van der Waals surface area contributed by atoms with Crippen molar-refractivity contribution in [3.05, 3.63) is 29.3 Å². The van der Waals surface area contributed by atoms with Crippen molar-refractivity contribution in [3.8, 4) is 0 Å². The van der Waals surface area contributed by atoms with Crippen molar-refractivity contribution in [2.45, 2.75) is 48.7 Å². The molecule has 41 heavy (non-hydrogen) atoms. The zero-order chi connectivity index (χ0) is 29.2. The van der Waals surface area contributed by atoms with Gasteiger partial charge >= 0.3 is 7.60 Å². The molecular formula is C20H24FN10O9P. The van der Waals surface area contributed by atoms with Crippen molar-refractivity contribution in [1.82, 2.24) is 39.0 Å². The third-order valence-electron chi connectivity index (χ3n) is 6.99. The van der Waals surface area contributed by atoms with Gasteiger partial charge < -0.3 is 45.7 Å². The van der Waals surface area contributed by atoms with Crippen LogP contribution in [0.2, 0.25) is 0 Å². The van der Waals surface area contributed by atoms with Crippen molar-refractivity contribution in [1.29, 1.82) is 0 Å². The number of aromatic nitrogens is 8. The molecule has 6 heterocycles. The lowest BCUT2D eigenvalue weighted by Gasteiger charge is -2.26. The maximum absolute atomic E-state index is 15.4. The smallest absolute Gasteiger partial charge is 0.338 e. The van der Waals surface area contributed by atoms with E-state index in [2.05, 4.69) is 29.9 Å². The normalized spacial score (nSPS) is 31.7. The number of aromatic amines is 1. The number of rotatable bonds is 7. The minimum absolute atomic E-state index is 0.0753. The first-order chi connectivity index (χ1) is 19.5. The molecule has 4 aromatic rings. The molecular weight excluding hydrogens is 574 g/mol. The largest absolute Gasteiger partial charge is 0.394 e. The van der Waals surface area contributed by atoms with E-state index in [0.29, 0.717) is 0 Å². The number of nitrogens with zero attached hydrogens (tertiary/aromatic N) is 7. The van der Waals surface area contributed by atoms with Crippen LogP contribution >= 0.6 is 7.60 Å². The van der Waals surface area contributed by atoms with E-state index in [0.717, 1.165) is 10.9 Å². The Balaban J connectivity index is 1.25. The molecule has 0 bridgehead atoms. The number of ether oxygens (including phenoxy) is 2. The summed E-state index contributed by atoms with van der Waals surface area (Å²) in [5.41, 5.74) is 8.82. The summed E-state index contributed by atoms with van der Waals surface area (Å²) < 4.78 is 47.7. The molecule has 9 atom stereocenters. The van der Waals surface area contributed by atoms with E-state index in [-0.39, 0.29) is 34.1 Å². The van der Waals surface area contributed by atoms with Gasteiger partial charge in [0.05, 0.1) is 25.9 Å². The van der Waals surface area contributed by atoms with Gasteiger partial charge in [0.1, 0.15) is 48.1 Å². The molecule has 2 saturated heterocycles. The number of aliphatic hydroxyl groups is 3. The van der Waals surface area contributed by atoms with E-state index in [1.54, 1.807) is 0 Å². The Kier molecular flexibility index (Phi) is 6.74. The predicted molar refractivity (Wildman–Crippen MR) is 134 cm³/mol. The van der Waals surface area contributed by atoms with Crippen LogP contribution in [0.15, 0.2) is 23.8 Å². The van der Waals surface area contributed by atoms with Gasteiger partial charge in [0.25, 0.3) is 5.56 Å². The van der Waals surface area contributed by atoms with Gasteiger partial charge in [-0.05, 0) is 0 Å². The summed E-state index contributed by atoms with van der Waals surface area (Å²) in [6.07, 6.45) is -7.60. The molecule has 19 nitrogen and oxygen atoms in total. The number of halogens is 1. The van der Waals surface area contributed by atoms with E-state index >= 15 is 4.39 Å². The summed E-state index contributed by atoms with van der Waals surface area (Å²) in [6.45, 7) is -1.61. The number of nitrogens with two attached hydrogens (primary N) is 2. The minimum Gasteiger partial charge on any atom is -0.394 e. The number of fused-ring (bicyclic) bond motifs is 2. The van der Waals surface area contributed by atoms with Crippen molar-refractivity contribution < 1.29 is 43.2 Å². The summed E-state index contributed by atoms with van der Waals surface area (Å²) in [5.74, 6) is -0.218. The molecule has 0 aromatic carbocycles. The molecule has 2 fully saturated rings. The van der Waals surface area contributed by atoms with Gasteiger partial charge in [0.2, 0.25) is 5.95 Å². The van der Waals surface area contributed by atoms with Crippen LogP contribution in [0.1, 0.15) is 12.5 Å². The van der Waals surface area contributed by atoms with E-state index in [1.165, 1.54) is 17.2 Å². The third-order valence-corrected chi connectivity index (χ3v) is 8.80. The van der Waals surface area contributed by atoms with Crippen molar-refractivity contribution in [2.24, 2.45) is 0 Å². The number of imidazole rings is 2. The number of nitrogen functional groups attached to an aromatic ring is 2. The minimum atomic E-state index is -5.00. The third kappa shape index (κ3) is 4.44. The number of hydrogen-bond acceptors (Lipinski definition) is 15. The second kappa shape index (κ2) is 10.0. The van der Waals surface area contributed by atoms with Crippen LogP contribution in [-0.2, 0) is 18.6 Å². The number of nitrogens with one attached hydrogen (secondary N) is 1. The first-order valence-electron chi connectivity index (χ1n) is 12.1. The highest BCUT2D eigenvalue weighted by Gasteiger charge is 2.57. The number of hydrogen-bond donors (Lipinski definition) is 7. The maximum Gasteiger partial charge on any atom is 0.338 e. The maximum atomic E-state index is 15.4. The monoisotopic (exact) mass is 598 g/mol. The Morgan fingerprint density at radius 2 is 1.71 bits per heavy atom. The standard InChI is InChI=1S/C20H24FN10O9P/c21-8-6(1-32)39-19(31-5-27-10-16(31)28-20(23)29-17(10)35)13(8)41(36,37)38-2-7-11(33)12(34)18(40-7)30-4-26-9-14(22)24-3-25-15(9)30/h3-8,11-13,18-19,32-34H,1-2H2,(H,36,37)(H2,22,24,25)(H3,23,28,29,35)/t6-,7-,8-,11-,12-,13-,18-,19-/m1/s1. The molecule has 0 saturated carbocycles. The molecule has 0 aliphatic carbocycles. The highest BCUT2D eigenvalue weighted by Crippen LogP contribution is 2.58. The van der Waals surface area contributed by atoms with E-state index < -0.39 is 75.1 Å². The van der Waals surface area contributed by atoms with Crippen molar-refractivity contribution in [3.63, 3.8) is 0 Å². The summed E-state index contributed by atoms with van der Waals surface area (Å²) in [4.78, 5) is 45.2. The first kappa shape index (κ1) is 27.5. The highest BCUT2D eigenvalue weighted by atomic mass is 31.2. The van der Waals surface area contributed by atoms with Crippen LogP contribution in [0, 0.1) is 0 Å². The summed E-state index contributed by atoms with van der Waals surface area (Å²) in [6, 6.07) is 0. The second-order valence-corrected chi connectivity index (χ2v) is 11.4. The number of anilines is 2. The number of alkyl halides is 1. The Hall–Kier alpha value is -3.62. The zero-order valence-electron chi connectivity index (χ0n) is 20.7. The van der Waals surface area contributed by atoms with Gasteiger partial charge in [0.15, 0.2) is 35.1 Å². The highest BCUT2D eigenvalue weighted by molar-refractivity contribution is 7.53. The second-order valence-electron chi connectivity index (χ2n) is 9.45. The summed E-state index contributed by atoms with van der Waals surface area (Å²) in [5, 5.41) is 30.9. The van der Waals surface area contributed by atoms with Gasteiger partial charge in [-0.1, -0.05) is 0 Å². The van der Waals surface area contributed by atoms with Gasteiger partial charge in [0, 0.05) is 0 Å².